The molecule has 1 aliphatic rings. The van der Waals surface area contributed by atoms with Crippen molar-refractivity contribution in [2.75, 3.05) is 59.3 Å². The maximum atomic E-state index is 5.84. The molecule has 0 radical (unpaired) electrons. The first-order valence-electron chi connectivity index (χ1n) is 7.54. The maximum absolute atomic E-state index is 5.84. The van der Waals surface area contributed by atoms with Gasteiger partial charge in [0.1, 0.15) is 0 Å². The molecule has 19 heavy (non-hydrogen) atoms. The molecule has 1 atom stereocenters. The van der Waals surface area contributed by atoms with E-state index in [4.69, 9.17) is 19.9 Å². The summed E-state index contributed by atoms with van der Waals surface area (Å²) in [6.45, 7) is 9.52. The van der Waals surface area contributed by atoms with Crippen molar-refractivity contribution >= 4 is 0 Å². The molecule has 0 aliphatic carbocycles. The summed E-state index contributed by atoms with van der Waals surface area (Å²) >= 11 is 0. The normalized spacial score (nSPS) is 20.2. The Kier molecular flexibility index (Phi) is 10.3. The lowest BCUT2D eigenvalue weighted by Gasteiger charge is -2.14. The zero-order valence-corrected chi connectivity index (χ0v) is 12.3. The SMILES string of the molecule is CCCCOCCOCCOCCN1CC[C@H](N)C1. The van der Waals surface area contributed by atoms with Gasteiger partial charge in [0.05, 0.1) is 33.0 Å². The van der Waals surface area contributed by atoms with Crippen LogP contribution in [0.5, 0.6) is 0 Å². The first-order valence-corrected chi connectivity index (χ1v) is 7.54. The van der Waals surface area contributed by atoms with Gasteiger partial charge in [-0.2, -0.15) is 0 Å². The predicted octanol–water partition coefficient (Wildman–Crippen LogP) is 0.869. The standard InChI is InChI=1S/C14H30N2O3/c1-2-3-7-17-9-11-19-12-10-18-8-6-16-5-4-14(15)13-16/h14H,2-13,15H2,1H3/t14-/m0/s1. The fourth-order valence-electron chi connectivity index (χ4n) is 2.05. The molecule has 2 N–H and O–H groups in total. The van der Waals surface area contributed by atoms with Crippen molar-refractivity contribution in [2.24, 2.45) is 5.73 Å². The van der Waals surface area contributed by atoms with Gasteiger partial charge in [0.15, 0.2) is 0 Å². The second-order valence-electron chi connectivity index (χ2n) is 5.04. The second kappa shape index (κ2) is 11.6. The van der Waals surface area contributed by atoms with Gasteiger partial charge in [0.2, 0.25) is 0 Å². The molecule has 0 unspecified atom stereocenters. The Morgan fingerprint density at radius 1 is 1.00 bits per heavy atom. The largest absolute Gasteiger partial charge is 0.379 e. The van der Waals surface area contributed by atoms with Crippen molar-refractivity contribution in [3.05, 3.63) is 0 Å². The Labute approximate surface area is 117 Å². The van der Waals surface area contributed by atoms with Crippen molar-refractivity contribution < 1.29 is 14.2 Å². The summed E-state index contributed by atoms with van der Waals surface area (Å²) in [6.07, 6.45) is 3.42. The highest BCUT2D eigenvalue weighted by Gasteiger charge is 2.17. The molecular formula is C14H30N2O3. The number of rotatable bonds is 12. The molecule has 0 bridgehead atoms. The van der Waals surface area contributed by atoms with Crippen LogP contribution in [0.1, 0.15) is 26.2 Å². The molecule has 0 aromatic carbocycles. The number of likely N-dealkylation sites (tertiary alicyclic amines) is 1. The van der Waals surface area contributed by atoms with Crippen molar-refractivity contribution in [1.82, 2.24) is 4.90 Å². The summed E-state index contributed by atoms with van der Waals surface area (Å²) in [6, 6.07) is 0.357. The molecule has 1 aliphatic heterocycles. The van der Waals surface area contributed by atoms with Gasteiger partial charge in [0.25, 0.3) is 0 Å². The third-order valence-corrected chi connectivity index (χ3v) is 3.25. The molecule has 0 amide bonds. The van der Waals surface area contributed by atoms with Crippen LogP contribution in [0, 0.1) is 0 Å². The topological polar surface area (TPSA) is 57.0 Å². The lowest BCUT2D eigenvalue weighted by Crippen LogP contribution is -2.29. The molecule has 0 aromatic heterocycles. The minimum Gasteiger partial charge on any atom is -0.379 e. The van der Waals surface area contributed by atoms with Crippen LogP contribution in [0.2, 0.25) is 0 Å². The Balaban J connectivity index is 1.72. The van der Waals surface area contributed by atoms with Gasteiger partial charge in [-0.1, -0.05) is 13.3 Å². The summed E-state index contributed by atoms with van der Waals surface area (Å²) in [5, 5.41) is 0. The van der Waals surface area contributed by atoms with Crippen LogP contribution in [0.4, 0.5) is 0 Å². The van der Waals surface area contributed by atoms with E-state index in [2.05, 4.69) is 11.8 Å². The Bertz CT molecular complexity index is 205. The molecule has 1 rings (SSSR count). The van der Waals surface area contributed by atoms with E-state index >= 15 is 0 Å². The zero-order valence-electron chi connectivity index (χ0n) is 12.3. The number of ether oxygens (including phenoxy) is 3. The number of unbranched alkanes of at least 4 members (excludes halogenated alkanes) is 1. The third-order valence-electron chi connectivity index (χ3n) is 3.25. The van der Waals surface area contributed by atoms with E-state index in [1.54, 1.807) is 0 Å². The molecule has 0 spiro atoms. The minimum atomic E-state index is 0.357. The highest BCUT2D eigenvalue weighted by atomic mass is 16.5. The Morgan fingerprint density at radius 3 is 2.21 bits per heavy atom. The molecule has 1 saturated heterocycles. The van der Waals surface area contributed by atoms with Crippen LogP contribution in [0.3, 0.4) is 0 Å². The quantitative estimate of drug-likeness (QED) is 0.535. The first kappa shape index (κ1) is 16.9. The van der Waals surface area contributed by atoms with E-state index in [0.29, 0.717) is 32.5 Å². The van der Waals surface area contributed by atoms with Gasteiger partial charge in [-0.3, -0.25) is 4.90 Å². The van der Waals surface area contributed by atoms with Crippen LogP contribution in [-0.4, -0.2) is 70.2 Å². The molecular weight excluding hydrogens is 244 g/mol. The fraction of sp³-hybridized carbons (Fsp3) is 1.00. The van der Waals surface area contributed by atoms with Crippen molar-refractivity contribution in [2.45, 2.75) is 32.2 Å². The molecule has 0 saturated carbocycles. The Morgan fingerprint density at radius 2 is 1.63 bits per heavy atom. The average molecular weight is 274 g/mol. The highest BCUT2D eigenvalue weighted by molar-refractivity contribution is 4.77. The van der Waals surface area contributed by atoms with E-state index in [9.17, 15) is 0 Å². The van der Waals surface area contributed by atoms with Gasteiger partial charge in [-0.15, -0.1) is 0 Å². The molecule has 5 heteroatoms. The number of nitrogens with two attached hydrogens (primary N) is 1. The smallest absolute Gasteiger partial charge is 0.0701 e. The van der Waals surface area contributed by atoms with Crippen LogP contribution < -0.4 is 5.73 Å². The maximum Gasteiger partial charge on any atom is 0.0701 e. The summed E-state index contributed by atoms with van der Waals surface area (Å²) in [5.41, 5.74) is 5.84. The fourth-order valence-corrected chi connectivity index (χ4v) is 2.05. The highest BCUT2D eigenvalue weighted by Crippen LogP contribution is 2.05. The van der Waals surface area contributed by atoms with Gasteiger partial charge >= 0.3 is 0 Å². The lowest BCUT2D eigenvalue weighted by molar-refractivity contribution is 0.0110. The lowest BCUT2D eigenvalue weighted by atomic mass is 10.3. The molecule has 5 nitrogen and oxygen atoms in total. The minimum absolute atomic E-state index is 0.357. The molecule has 114 valence electrons. The third kappa shape index (κ3) is 9.35. The van der Waals surface area contributed by atoms with Crippen molar-refractivity contribution in [3.8, 4) is 0 Å². The van der Waals surface area contributed by atoms with Gasteiger partial charge in [-0.25, -0.2) is 0 Å². The van der Waals surface area contributed by atoms with E-state index in [1.807, 2.05) is 0 Å². The van der Waals surface area contributed by atoms with Gasteiger partial charge in [-0.05, 0) is 19.4 Å². The van der Waals surface area contributed by atoms with Crippen LogP contribution in [0.15, 0.2) is 0 Å². The Hall–Kier alpha value is -0.200. The van der Waals surface area contributed by atoms with Gasteiger partial charge in [0, 0.05) is 25.7 Å². The summed E-state index contributed by atoms with van der Waals surface area (Å²) in [7, 11) is 0. The van der Waals surface area contributed by atoms with Gasteiger partial charge < -0.3 is 19.9 Å². The molecule has 0 aromatic rings. The summed E-state index contributed by atoms with van der Waals surface area (Å²) < 4.78 is 16.3. The van der Waals surface area contributed by atoms with Crippen molar-refractivity contribution in [3.63, 3.8) is 0 Å². The second-order valence-corrected chi connectivity index (χ2v) is 5.04. The molecule has 1 heterocycles. The van der Waals surface area contributed by atoms with E-state index in [-0.39, 0.29) is 0 Å². The number of nitrogens with zero attached hydrogens (tertiary/aromatic N) is 1. The molecule has 1 fully saturated rings. The van der Waals surface area contributed by atoms with Crippen LogP contribution in [-0.2, 0) is 14.2 Å². The number of hydrogen-bond acceptors (Lipinski definition) is 5. The average Bonchev–Trinajstić information content (AvgIpc) is 2.82. The predicted molar refractivity (Wildman–Crippen MR) is 76.4 cm³/mol. The van der Waals surface area contributed by atoms with E-state index in [0.717, 1.165) is 45.7 Å². The first-order chi connectivity index (χ1) is 9.33. The zero-order chi connectivity index (χ0) is 13.8. The van der Waals surface area contributed by atoms with E-state index in [1.165, 1.54) is 6.42 Å². The monoisotopic (exact) mass is 274 g/mol. The summed E-state index contributed by atoms with van der Waals surface area (Å²) in [4.78, 5) is 2.35. The van der Waals surface area contributed by atoms with Crippen molar-refractivity contribution in [1.29, 1.82) is 0 Å². The number of hydrogen-bond donors (Lipinski definition) is 1. The van der Waals surface area contributed by atoms with Crippen LogP contribution >= 0.6 is 0 Å². The summed E-state index contributed by atoms with van der Waals surface area (Å²) in [5.74, 6) is 0. The van der Waals surface area contributed by atoms with Crippen LogP contribution in [0.25, 0.3) is 0 Å². The van der Waals surface area contributed by atoms with E-state index < -0.39 is 0 Å².